The van der Waals surface area contributed by atoms with Gasteiger partial charge in [0, 0.05) is 42.5 Å². The van der Waals surface area contributed by atoms with E-state index in [0.29, 0.717) is 34.8 Å². The Morgan fingerprint density at radius 1 is 1.07 bits per heavy atom. The molecule has 0 saturated carbocycles. The summed E-state index contributed by atoms with van der Waals surface area (Å²) in [5.74, 6) is 0.219. The van der Waals surface area contributed by atoms with Gasteiger partial charge in [-0.05, 0) is 42.0 Å². The first-order valence-corrected chi connectivity index (χ1v) is 9.50. The van der Waals surface area contributed by atoms with Gasteiger partial charge in [0.15, 0.2) is 0 Å². The standard InChI is InChI=1S/C22H18ClFN4O/c1-28-21(29)19-9-5-16(23)12-20(19)27-22(28)25-11-10-18-8-4-15(13-26-18)14-2-6-17(24)7-3-14/h2-9,12-13H,10-11H2,1H3,(H,25,27). The molecule has 2 aromatic heterocycles. The highest BCUT2D eigenvalue weighted by molar-refractivity contribution is 6.31. The highest BCUT2D eigenvalue weighted by Crippen LogP contribution is 2.19. The van der Waals surface area contributed by atoms with Gasteiger partial charge in [-0.15, -0.1) is 0 Å². The number of nitrogens with zero attached hydrogens (tertiary/aromatic N) is 3. The van der Waals surface area contributed by atoms with E-state index >= 15 is 0 Å². The fourth-order valence-electron chi connectivity index (χ4n) is 3.09. The molecule has 0 unspecified atom stereocenters. The van der Waals surface area contributed by atoms with Gasteiger partial charge in [0.1, 0.15) is 5.82 Å². The van der Waals surface area contributed by atoms with Gasteiger partial charge in [0.2, 0.25) is 5.95 Å². The van der Waals surface area contributed by atoms with Crippen LogP contribution in [0, 0.1) is 5.82 Å². The van der Waals surface area contributed by atoms with Gasteiger partial charge in [0.25, 0.3) is 5.56 Å². The van der Waals surface area contributed by atoms with Crippen LogP contribution in [-0.4, -0.2) is 21.1 Å². The molecule has 2 heterocycles. The molecule has 146 valence electrons. The van der Waals surface area contributed by atoms with Crippen molar-refractivity contribution in [1.29, 1.82) is 0 Å². The highest BCUT2D eigenvalue weighted by Gasteiger charge is 2.08. The fourth-order valence-corrected chi connectivity index (χ4v) is 3.26. The zero-order valence-corrected chi connectivity index (χ0v) is 16.4. The molecule has 5 nitrogen and oxygen atoms in total. The molecule has 0 bridgehead atoms. The summed E-state index contributed by atoms with van der Waals surface area (Å²) < 4.78 is 14.5. The Balaban J connectivity index is 1.45. The van der Waals surface area contributed by atoms with Crippen molar-refractivity contribution in [2.75, 3.05) is 11.9 Å². The smallest absolute Gasteiger partial charge is 0.262 e. The predicted octanol–water partition coefficient (Wildman–Crippen LogP) is 4.44. The first-order valence-electron chi connectivity index (χ1n) is 9.12. The van der Waals surface area contributed by atoms with Crippen LogP contribution in [0.25, 0.3) is 22.0 Å². The highest BCUT2D eigenvalue weighted by atomic mass is 35.5. The van der Waals surface area contributed by atoms with E-state index in [1.54, 1.807) is 43.6 Å². The number of aromatic nitrogens is 3. The molecule has 0 amide bonds. The van der Waals surface area contributed by atoms with Crippen molar-refractivity contribution < 1.29 is 4.39 Å². The van der Waals surface area contributed by atoms with Gasteiger partial charge in [0.05, 0.1) is 10.9 Å². The number of rotatable bonds is 5. The molecule has 0 atom stereocenters. The molecule has 0 fully saturated rings. The van der Waals surface area contributed by atoms with Crippen molar-refractivity contribution in [2.24, 2.45) is 7.05 Å². The molecule has 0 aliphatic carbocycles. The van der Waals surface area contributed by atoms with Crippen molar-refractivity contribution in [3.63, 3.8) is 0 Å². The number of pyridine rings is 1. The maximum atomic E-state index is 13.0. The van der Waals surface area contributed by atoms with Crippen LogP contribution in [0.15, 0.2) is 65.6 Å². The number of nitrogens with one attached hydrogen (secondary N) is 1. The van der Waals surface area contributed by atoms with Crippen LogP contribution in [0.4, 0.5) is 10.3 Å². The summed E-state index contributed by atoms with van der Waals surface area (Å²) in [4.78, 5) is 21.5. The molecule has 0 radical (unpaired) electrons. The first-order chi connectivity index (χ1) is 14.0. The van der Waals surface area contributed by atoms with E-state index in [-0.39, 0.29) is 11.4 Å². The third-order valence-corrected chi connectivity index (χ3v) is 4.94. The molecule has 0 aliphatic rings. The van der Waals surface area contributed by atoms with E-state index in [1.807, 2.05) is 12.1 Å². The lowest BCUT2D eigenvalue weighted by Crippen LogP contribution is -2.23. The minimum atomic E-state index is -0.261. The van der Waals surface area contributed by atoms with Gasteiger partial charge in [-0.25, -0.2) is 9.37 Å². The molecule has 29 heavy (non-hydrogen) atoms. The van der Waals surface area contributed by atoms with Crippen molar-refractivity contribution >= 4 is 28.5 Å². The molecular formula is C22H18ClFN4O. The topological polar surface area (TPSA) is 59.8 Å². The third-order valence-electron chi connectivity index (χ3n) is 4.71. The van der Waals surface area contributed by atoms with E-state index in [2.05, 4.69) is 15.3 Å². The Kier molecular flexibility index (Phi) is 5.27. The van der Waals surface area contributed by atoms with Crippen LogP contribution in [-0.2, 0) is 13.5 Å². The summed E-state index contributed by atoms with van der Waals surface area (Å²) in [5.41, 5.74) is 3.17. The lowest BCUT2D eigenvalue weighted by atomic mass is 10.1. The van der Waals surface area contributed by atoms with Gasteiger partial charge in [-0.1, -0.05) is 29.8 Å². The average molecular weight is 409 g/mol. The first kappa shape index (κ1) is 19.1. The monoisotopic (exact) mass is 408 g/mol. The van der Waals surface area contributed by atoms with E-state index < -0.39 is 0 Å². The molecule has 2 aromatic carbocycles. The summed E-state index contributed by atoms with van der Waals surface area (Å²) in [6.07, 6.45) is 2.43. The minimum absolute atomic E-state index is 0.129. The van der Waals surface area contributed by atoms with Crippen LogP contribution in [0.3, 0.4) is 0 Å². The van der Waals surface area contributed by atoms with E-state index in [9.17, 15) is 9.18 Å². The molecule has 0 saturated heterocycles. The molecule has 4 aromatic rings. The lowest BCUT2D eigenvalue weighted by molar-refractivity contribution is 0.628. The minimum Gasteiger partial charge on any atom is -0.355 e. The van der Waals surface area contributed by atoms with Crippen LogP contribution in [0.2, 0.25) is 5.02 Å². The quantitative estimate of drug-likeness (QED) is 0.530. The molecule has 4 rings (SSSR count). The summed E-state index contributed by atoms with van der Waals surface area (Å²) in [6.45, 7) is 0.565. The Morgan fingerprint density at radius 3 is 2.55 bits per heavy atom. The zero-order chi connectivity index (χ0) is 20.4. The summed E-state index contributed by atoms with van der Waals surface area (Å²) in [7, 11) is 1.68. The summed E-state index contributed by atoms with van der Waals surface area (Å²) >= 11 is 6.02. The predicted molar refractivity (Wildman–Crippen MR) is 114 cm³/mol. The van der Waals surface area contributed by atoms with E-state index in [1.165, 1.54) is 16.7 Å². The van der Waals surface area contributed by atoms with Crippen molar-refractivity contribution in [1.82, 2.24) is 14.5 Å². The molecule has 1 N–H and O–H groups in total. The Morgan fingerprint density at radius 2 is 1.83 bits per heavy atom. The van der Waals surface area contributed by atoms with Crippen LogP contribution >= 0.6 is 11.6 Å². The average Bonchev–Trinajstić information content (AvgIpc) is 2.72. The number of fused-ring (bicyclic) bond motifs is 1. The second-order valence-corrected chi connectivity index (χ2v) is 7.12. The Bertz CT molecular complexity index is 1220. The SMILES string of the molecule is Cn1c(NCCc2ccc(-c3ccc(F)cc3)cn2)nc2cc(Cl)ccc2c1=O. The summed E-state index contributed by atoms with van der Waals surface area (Å²) in [6, 6.07) is 15.3. The molecule has 0 spiro atoms. The summed E-state index contributed by atoms with van der Waals surface area (Å²) in [5, 5.41) is 4.26. The van der Waals surface area contributed by atoms with Crippen LogP contribution < -0.4 is 10.9 Å². The zero-order valence-electron chi connectivity index (χ0n) is 15.7. The molecule has 0 aliphatic heterocycles. The number of hydrogen-bond donors (Lipinski definition) is 1. The number of anilines is 1. The molecular weight excluding hydrogens is 391 g/mol. The maximum Gasteiger partial charge on any atom is 0.262 e. The van der Waals surface area contributed by atoms with Crippen molar-refractivity contribution in [3.8, 4) is 11.1 Å². The normalized spacial score (nSPS) is 11.0. The van der Waals surface area contributed by atoms with Crippen molar-refractivity contribution in [3.05, 3.63) is 87.7 Å². The van der Waals surface area contributed by atoms with Gasteiger partial charge in [-0.2, -0.15) is 0 Å². The largest absolute Gasteiger partial charge is 0.355 e. The number of benzene rings is 2. The maximum absolute atomic E-state index is 13.0. The fraction of sp³-hybridized carbons (Fsp3) is 0.136. The van der Waals surface area contributed by atoms with E-state index in [0.717, 1.165) is 16.8 Å². The third kappa shape index (κ3) is 4.12. The Hall–Kier alpha value is -3.25. The van der Waals surface area contributed by atoms with Crippen LogP contribution in [0.5, 0.6) is 0 Å². The number of hydrogen-bond acceptors (Lipinski definition) is 4. The van der Waals surface area contributed by atoms with Crippen molar-refractivity contribution in [2.45, 2.75) is 6.42 Å². The van der Waals surface area contributed by atoms with Gasteiger partial charge in [-0.3, -0.25) is 14.3 Å². The second-order valence-electron chi connectivity index (χ2n) is 6.68. The second kappa shape index (κ2) is 8.01. The van der Waals surface area contributed by atoms with Gasteiger partial charge >= 0.3 is 0 Å². The van der Waals surface area contributed by atoms with E-state index in [4.69, 9.17) is 11.6 Å². The Labute approximate surface area is 171 Å². The van der Waals surface area contributed by atoms with Gasteiger partial charge < -0.3 is 5.32 Å². The number of halogens is 2. The van der Waals surface area contributed by atoms with Crippen LogP contribution in [0.1, 0.15) is 5.69 Å². The molecule has 7 heteroatoms. The lowest BCUT2D eigenvalue weighted by Gasteiger charge is -2.11.